The molecule has 100 valence electrons. The van der Waals surface area contributed by atoms with Crippen LogP contribution in [0.25, 0.3) is 0 Å². The third-order valence-corrected chi connectivity index (χ3v) is 3.48. The van der Waals surface area contributed by atoms with Crippen molar-refractivity contribution in [3.63, 3.8) is 0 Å². The minimum absolute atomic E-state index is 0.231. The summed E-state index contributed by atoms with van der Waals surface area (Å²) in [5.74, 6) is -1.01. The van der Waals surface area contributed by atoms with Gasteiger partial charge in [-0.3, -0.25) is 24.6 Å². The Morgan fingerprint density at radius 2 is 2.00 bits per heavy atom. The first-order chi connectivity index (χ1) is 8.84. The molecule has 1 saturated heterocycles. The van der Waals surface area contributed by atoms with Crippen molar-refractivity contribution in [1.29, 1.82) is 0 Å². The highest BCUT2D eigenvalue weighted by Crippen LogP contribution is 2.34. The lowest BCUT2D eigenvalue weighted by Gasteiger charge is -2.30. The van der Waals surface area contributed by atoms with Gasteiger partial charge in [0.15, 0.2) is 0 Å². The Labute approximate surface area is 111 Å². The van der Waals surface area contributed by atoms with E-state index < -0.39 is 11.9 Å². The van der Waals surface area contributed by atoms with Crippen LogP contribution in [0.1, 0.15) is 26.7 Å². The highest BCUT2D eigenvalue weighted by molar-refractivity contribution is 6.08. The smallest absolute Gasteiger partial charge is 0.259 e. The van der Waals surface area contributed by atoms with Gasteiger partial charge in [0.25, 0.3) is 5.91 Å². The molecule has 2 aliphatic rings. The molecule has 1 fully saturated rings. The lowest BCUT2D eigenvalue weighted by Crippen LogP contribution is -2.52. The van der Waals surface area contributed by atoms with Gasteiger partial charge in [-0.25, -0.2) is 0 Å². The number of carbonyl (C=O) groups is 3. The molecule has 5 nitrogen and oxygen atoms in total. The average molecular weight is 260 g/mol. The first-order valence-electron chi connectivity index (χ1n) is 6.08. The van der Waals surface area contributed by atoms with Crippen molar-refractivity contribution in [1.82, 2.24) is 10.2 Å². The summed E-state index contributed by atoms with van der Waals surface area (Å²) in [4.78, 5) is 36.8. The molecule has 1 unspecified atom stereocenters. The number of carbonyl (C=O) groups excluding carboxylic acids is 3. The predicted octanol–water partition coefficient (Wildman–Crippen LogP) is 1.04. The molecule has 2 rings (SSSR count). The summed E-state index contributed by atoms with van der Waals surface area (Å²) in [7, 11) is 0. The molecule has 0 aromatic rings. The molecule has 1 N–H and O–H groups in total. The van der Waals surface area contributed by atoms with Crippen LogP contribution < -0.4 is 5.32 Å². The van der Waals surface area contributed by atoms with E-state index in [1.165, 1.54) is 4.90 Å². The zero-order valence-electron chi connectivity index (χ0n) is 11.1. The van der Waals surface area contributed by atoms with Crippen molar-refractivity contribution in [3.05, 3.63) is 35.6 Å². The van der Waals surface area contributed by atoms with Gasteiger partial charge in [-0.2, -0.15) is 0 Å². The lowest BCUT2D eigenvalue weighted by molar-refractivity contribution is -0.141. The van der Waals surface area contributed by atoms with Crippen molar-refractivity contribution in [2.45, 2.75) is 32.7 Å². The summed E-state index contributed by atoms with van der Waals surface area (Å²) in [5.41, 5.74) is 2.41. The van der Waals surface area contributed by atoms with Gasteiger partial charge in [0, 0.05) is 17.7 Å². The highest BCUT2D eigenvalue weighted by Gasteiger charge is 2.41. The summed E-state index contributed by atoms with van der Waals surface area (Å²) in [6.07, 6.45) is 0.557. The molecule has 0 radical (unpaired) electrons. The van der Waals surface area contributed by atoms with Crippen LogP contribution in [-0.2, 0) is 14.4 Å². The fraction of sp³-hybridized carbons (Fsp3) is 0.357. The normalized spacial score (nSPS) is 24.1. The Balaban J connectivity index is 2.32. The van der Waals surface area contributed by atoms with E-state index in [1.54, 1.807) is 13.8 Å². The van der Waals surface area contributed by atoms with Crippen LogP contribution in [0, 0.1) is 0 Å². The zero-order chi connectivity index (χ0) is 14.3. The number of hydrogen-bond donors (Lipinski definition) is 1. The third-order valence-electron chi connectivity index (χ3n) is 3.48. The fourth-order valence-electron chi connectivity index (χ4n) is 2.49. The number of imide groups is 1. The molecular formula is C14H16N2O3. The van der Waals surface area contributed by atoms with Crippen molar-refractivity contribution < 1.29 is 14.4 Å². The fourth-order valence-corrected chi connectivity index (χ4v) is 2.49. The van der Waals surface area contributed by atoms with Crippen LogP contribution >= 0.6 is 0 Å². The van der Waals surface area contributed by atoms with Crippen molar-refractivity contribution in [3.8, 4) is 0 Å². The minimum atomic E-state index is -0.663. The number of nitrogens with one attached hydrogen (secondary N) is 1. The molecule has 0 saturated carbocycles. The summed E-state index contributed by atoms with van der Waals surface area (Å²) in [6.45, 7) is 11.2. The second kappa shape index (κ2) is 4.50. The lowest BCUT2D eigenvalue weighted by atomic mass is 10.0. The maximum atomic E-state index is 12.4. The molecule has 0 aromatic heterocycles. The van der Waals surface area contributed by atoms with Gasteiger partial charge in [0.1, 0.15) is 6.04 Å². The van der Waals surface area contributed by atoms with E-state index in [1.807, 2.05) is 0 Å². The minimum Gasteiger partial charge on any atom is -0.296 e. The van der Waals surface area contributed by atoms with Gasteiger partial charge in [0.05, 0.1) is 0 Å². The number of nitrogens with zero attached hydrogens (tertiary/aromatic N) is 1. The van der Waals surface area contributed by atoms with Crippen molar-refractivity contribution >= 4 is 17.7 Å². The first-order valence-corrected chi connectivity index (χ1v) is 6.08. The predicted molar refractivity (Wildman–Crippen MR) is 69.7 cm³/mol. The molecule has 2 heterocycles. The molecule has 1 atom stereocenters. The third kappa shape index (κ3) is 2.01. The van der Waals surface area contributed by atoms with E-state index in [0.717, 1.165) is 5.57 Å². The number of allylic oxidation sites excluding steroid dienone is 1. The molecule has 2 aliphatic heterocycles. The standard InChI is InChI=1S/C14H16N2O3/c1-7(2)12-8(3)9(4)16(14(12)19)10-5-6-11(17)15-13(10)18/h10H,1,4-6H2,2-3H3,(H,15,17,18). The van der Waals surface area contributed by atoms with Gasteiger partial charge in [-0.1, -0.05) is 13.2 Å². The molecule has 0 spiro atoms. The van der Waals surface area contributed by atoms with E-state index >= 15 is 0 Å². The van der Waals surface area contributed by atoms with E-state index in [4.69, 9.17) is 0 Å². The topological polar surface area (TPSA) is 66.5 Å². The van der Waals surface area contributed by atoms with E-state index in [0.29, 0.717) is 23.3 Å². The quantitative estimate of drug-likeness (QED) is 0.754. The first kappa shape index (κ1) is 13.3. The Kier molecular flexibility index (Phi) is 3.14. The highest BCUT2D eigenvalue weighted by atomic mass is 16.2. The summed E-state index contributed by atoms with van der Waals surface area (Å²) in [5, 5.41) is 2.25. The zero-order valence-corrected chi connectivity index (χ0v) is 11.1. The van der Waals surface area contributed by atoms with Crippen molar-refractivity contribution in [2.75, 3.05) is 0 Å². The van der Waals surface area contributed by atoms with E-state index in [-0.39, 0.29) is 18.2 Å². The molecule has 5 heteroatoms. The molecule has 3 amide bonds. The maximum Gasteiger partial charge on any atom is 0.259 e. The largest absolute Gasteiger partial charge is 0.296 e. The van der Waals surface area contributed by atoms with Crippen molar-refractivity contribution in [2.24, 2.45) is 0 Å². The van der Waals surface area contributed by atoms with Crippen LogP contribution in [0.5, 0.6) is 0 Å². The SMILES string of the molecule is C=C(C)C1=C(C)C(=C)N(C2CCC(=O)NC2=O)C1=O. The summed E-state index contributed by atoms with van der Waals surface area (Å²) >= 11 is 0. The number of rotatable bonds is 2. The summed E-state index contributed by atoms with van der Waals surface area (Å²) < 4.78 is 0. The summed E-state index contributed by atoms with van der Waals surface area (Å²) in [6, 6.07) is -0.663. The molecule has 19 heavy (non-hydrogen) atoms. The number of amides is 3. The molecule has 0 aromatic carbocycles. The molecule has 0 bridgehead atoms. The monoisotopic (exact) mass is 260 g/mol. The van der Waals surface area contributed by atoms with Crippen LogP contribution in [0.4, 0.5) is 0 Å². The number of piperidine rings is 1. The van der Waals surface area contributed by atoms with E-state index in [2.05, 4.69) is 18.5 Å². The Morgan fingerprint density at radius 1 is 1.37 bits per heavy atom. The van der Waals surface area contributed by atoms with E-state index in [9.17, 15) is 14.4 Å². The van der Waals surface area contributed by atoms with Crippen LogP contribution in [0.3, 0.4) is 0 Å². The number of hydrogen-bond acceptors (Lipinski definition) is 3. The van der Waals surface area contributed by atoms with Gasteiger partial charge in [-0.05, 0) is 31.4 Å². The van der Waals surface area contributed by atoms with Gasteiger partial charge in [0.2, 0.25) is 11.8 Å². The van der Waals surface area contributed by atoms with Crippen LogP contribution in [0.2, 0.25) is 0 Å². The molecular weight excluding hydrogens is 244 g/mol. The second-order valence-corrected chi connectivity index (χ2v) is 4.87. The average Bonchev–Trinajstić information content (AvgIpc) is 2.52. The maximum absolute atomic E-state index is 12.4. The van der Waals surface area contributed by atoms with Crippen LogP contribution in [-0.4, -0.2) is 28.7 Å². The van der Waals surface area contributed by atoms with Gasteiger partial charge < -0.3 is 0 Å². The Hall–Kier alpha value is -2.17. The Morgan fingerprint density at radius 3 is 2.47 bits per heavy atom. The van der Waals surface area contributed by atoms with Gasteiger partial charge in [-0.15, -0.1) is 0 Å². The van der Waals surface area contributed by atoms with Crippen LogP contribution in [0.15, 0.2) is 35.6 Å². The molecule has 0 aliphatic carbocycles. The van der Waals surface area contributed by atoms with Gasteiger partial charge >= 0.3 is 0 Å². The second-order valence-electron chi connectivity index (χ2n) is 4.87. The Bertz CT molecular complexity index is 557.